The highest BCUT2D eigenvalue weighted by Crippen LogP contribution is 2.20. The lowest BCUT2D eigenvalue weighted by Crippen LogP contribution is -2.39. The molecule has 3 N–H and O–H groups in total. The quantitative estimate of drug-likeness (QED) is 0.842. The molecule has 0 unspecified atom stereocenters. The molecule has 1 rings (SSSR count). The van der Waals surface area contributed by atoms with Crippen LogP contribution in [0, 0.1) is 11.7 Å². The van der Waals surface area contributed by atoms with Crippen molar-refractivity contribution in [1.29, 1.82) is 0 Å². The Morgan fingerprint density at radius 1 is 1.47 bits per heavy atom. The lowest BCUT2D eigenvalue weighted by atomic mass is 10.0. The number of benzene rings is 1. The van der Waals surface area contributed by atoms with E-state index >= 15 is 0 Å². The zero-order valence-corrected chi connectivity index (χ0v) is 10.2. The molecule has 0 saturated heterocycles. The van der Waals surface area contributed by atoms with Gasteiger partial charge in [-0.1, -0.05) is 13.8 Å². The van der Waals surface area contributed by atoms with Gasteiger partial charge in [-0.3, -0.25) is 4.79 Å². The first-order chi connectivity index (χ1) is 7.95. The maximum atomic E-state index is 13.4. The molecule has 5 heteroatoms. The average Bonchev–Trinajstić information content (AvgIpc) is 2.28. The molecule has 0 radical (unpaired) electrons. The lowest BCUT2D eigenvalue weighted by Gasteiger charge is -2.15. The van der Waals surface area contributed by atoms with Gasteiger partial charge in [-0.2, -0.15) is 0 Å². The Morgan fingerprint density at radius 3 is 2.59 bits per heavy atom. The molecular weight excluding hydrogens is 223 g/mol. The molecule has 0 aliphatic rings. The molecule has 1 aromatic rings. The monoisotopic (exact) mass is 240 g/mol. The van der Waals surface area contributed by atoms with E-state index in [4.69, 9.17) is 10.5 Å². The third-order valence-electron chi connectivity index (χ3n) is 2.44. The summed E-state index contributed by atoms with van der Waals surface area (Å²) < 4.78 is 18.1. The fraction of sp³-hybridized carbons (Fsp3) is 0.417. The van der Waals surface area contributed by atoms with Crippen LogP contribution in [-0.2, 0) is 4.79 Å². The number of hydrogen-bond acceptors (Lipinski definition) is 3. The van der Waals surface area contributed by atoms with Crippen molar-refractivity contribution in [1.82, 2.24) is 0 Å². The number of carbonyl (C=O) groups is 1. The molecule has 4 nitrogen and oxygen atoms in total. The van der Waals surface area contributed by atoms with Crippen molar-refractivity contribution in [2.75, 3.05) is 12.4 Å². The minimum Gasteiger partial charge on any atom is -0.494 e. The zero-order chi connectivity index (χ0) is 13.0. The average molecular weight is 240 g/mol. The van der Waals surface area contributed by atoms with Gasteiger partial charge in [0.25, 0.3) is 0 Å². The first-order valence-corrected chi connectivity index (χ1v) is 5.35. The second-order valence-electron chi connectivity index (χ2n) is 4.11. The molecule has 0 aromatic heterocycles. The number of methoxy groups -OCH3 is 1. The highest BCUT2D eigenvalue weighted by molar-refractivity contribution is 5.94. The standard InChI is InChI=1S/C12H17FN2O2/c1-7(2)11(14)12(16)15-8-4-5-10(17-3)9(13)6-8/h4-7,11H,14H2,1-3H3,(H,15,16)/t11-/m1/s1. The van der Waals surface area contributed by atoms with Gasteiger partial charge in [-0.05, 0) is 18.1 Å². The van der Waals surface area contributed by atoms with E-state index in [1.165, 1.54) is 19.2 Å². The number of carbonyl (C=O) groups excluding carboxylic acids is 1. The highest BCUT2D eigenvalue weighted by Gasteiger charge is 2.17. The van der Waals surface area contributed by atoms with Crippen molar-refractivity contribution < 1.29 is 13.9 Å². The Morgan fingerprint density at radius 2 is 2.12 bits per heavy atom. The van der Waals surface area contributed by atoms with E-state index in [1.54, 1.807) is 6.07 Å². The van der Waals surface area contributed by atoms with Gasteiger partial charge in [0.15, 0.2) is 11.6 Å². The minimum absolute atomic E-state index is 0.0260. The van der Waals surface area contributed by atoms with Crippen molar-refractivity contribution in [2.24, 2.45) is 11.7 Å². The van der Waals surface area contributed by atoms with E-state index in [1.807, 2.05) is 13.8 Å². The van der Waals surface area contributed by atoms with Crippen LogP contribution < -0.4 is 15.8 Å². The predicted molar refractivity (Wildman–Crippen MR) is 64.4 cm³/mol. The summed E-state index contributed by atoms with van der Waals surface area (Å²) in [6.45, 7) is 3.69. The van der Waals surface area contributed by atoms with E-state index in [2.05, 4.69) is 5.32 Å². The van der Waals surface area contributed by atoms with Crippen molar-refractivity contribution in [3.05, 3.63) is 24.0 Å². The van der Waals surface area contributed by atoms with E-state index in [9.17, 15) is 9.18 Å². The molecule has 1 aromatic carbocycles. The third-order valence-corrected chi connectivity index (χ3v) is 2.44. The Balaban J connectivity index is 2.76. The number of ether oxygens (including phenoxy) is 1. The van der Waals surface area contributed by atoms with Crippen molar-refractivity contribution >= 4 is 11.6 Å². The third kappa shape index (κ3) is 3.42. The fourth-order valence-corrected chi connectivity index (χ4v) is 1.27. The molecule has 0 spiro atoms. The van der Waals surface area contributed by atoms with Crippen molar-refractivity contribution in [3.8, 4) is 5.75 Å². The number of nitrogens with two attached hydrogens (primary N) is 1. The summed E-state index contributed by atoms with van der Waals surface area (Å²) in [6.07, 6.45) is 0. The predicted octanol–water partition coefficient (Wildman–Crippen LogP) is 1.76. The summed E-state index contributed by atoms with van der Waals surface area (Å²) in [5.74, 6) is -0.692. The van der Waals surface area contributed by atoms with Crippen LogP contribution in [0.4, 0.5) is 10.1 Å². The maximum Gasteiger partial charge on any atom is 0.241 e. The number of halogens is 1. The minimum atomic E-state index is -0.611. The van der Waals surface area contributed by atoms with Gasteiger partial charge < -0.3 is 15.8 Å². The van der Waals surface area contributed by atoms with Crippen LogP contribution in [0.3, 0.4) is 0 Å². The van der Waals surface area contributed by atoms with Crippen LogP contribution in [0.15, 0.2) is 18.2 Å². The Hall–Kier alpha value is -1.62. The van der Waals surface area contributed by atoms with Crippen LogP contribution in [0.2, 0.25) is 0 Å². The van der Waals surface area contributed by atoms with Crippen molar-refractivity contribution in [2.45, 2.75) is 19.9 Å². The van der Waals surface area contributed by atoms with E-state index in [-0.39, 0.29) is 17.6 Å². The van der Waals surface area contributed by atoms with Gasteiger partial charge in [0, 0.05) is 11.8 Å². The molecule has 1 amide bonds. The molecule has 94 valence electrons. The Kier molecular flexibility index (Phi) is 4.45. The first-order valence-electron chi connectivity index (χ1n) is 5.35. The van der Waals surface area contributed by atoms with Crippen LogP contribution in [0.25, 0.3) is 0 Å². The second-order valence-corrected chi connectivity index (χ2v) is 4.11. The molecule has 0 aliphatic heterocycles. The summed E-state index contributed by atoms with van der Waals surface area (Å²) in [6, 6.07) is 3.60. The van der Waals surface area contributed by atoms with Gasteiger partial charge in [-0.15, -0.1) is 0 Å². The summed E-state index contributed by atoms with van der Waals surface area (Å²) in [5.41, 5.74) is 6.04. The number of nitrogens with one attached hydrogen (secondary N) is 1. The van der Waals surface area contributed by atoms with Crippen LogP contribution in [0.1, 0.15) is 13.8 Å². The molecule has 0 saturated carbocycles. The van der Waals surface area contributed by atoms with E-state index in [0.717, 1.165) is 0 Å². The first kappa shape index (κ1) is 13.4. The number of amides is 1. The fourth-order valence-electron chi connectivity index (χ4n) is 1.27. The summed E-state index contributed by atoms with van der Waals surface area (Å²) in [7, 11) is 1.38. The number of anilines is 1. The largest absolute Gasteiger partial charge is 0.494 e. The summed E-state index contributed by atoms with van der Waals surface area (Å²) >= 11 is 0. The highest BCUT2D eigenvalue weighted by atomic mass is 19.1. The SMILES string of the molecule is COc1ccc(NC(=O)[C@H](N)C(C)C)cc1F. The topological polar surface area (TPSA) is 64.3 Å². The van der Waals surface area contributed by atoms with Gasteiger partial charge in [0.05, 0.1) is 13.2 Å². The Bertz CT molecular complexity index is 407. The molecule has 1 atom stereocenters. The molecular formula is C12H17FN2O2. The van der Waals surface area contributed by atoms with Crippen molar-refractivity contribution in [3.63, 3.8) is 0 Å². The number of rotatable bonds is 4. The summed E-state index contributed by atoms with van der Waals surface area (Å²) in [5, 5.41) is 2.56. The summed E-state index contributed by atoms with van der Waals surface area (Å²) in [4.78, 5) is 11.6. The molecule has 0 heterocycles. The zero-order valence-electron chi connectivity index (χ0n) is 10.2. The molecule has 17 heavy (non-hydrogen) atoms. The van der Waals surface area contributed by atoms with Gasteiger partial charge in [0.2, 0.25) is 5.91 Å². The Labute approximate surface area is 100.0 Å². The van der Waals surface area contributed by atoms with Crippen LogP contribution >= 0.6 is 0 Å². The lowest BCUT2D eigenvalue weighted by molar-refractivity contribution is -0.118. The molecule has 0 fully saturated rings. The van der Waals surface area contributed by atoms with Crippen LogP contribution in [0.5, 0.6) is 5.75 Å². The second kappa shape index (κ2) is 5.63. The van der Waals surface area contributed by atoms with Gasteiger partial charge >= 0.3 is 0 Å². The van der Waals surface area contributed by atoms with E-state index in [0.29, 0.717) is 5.69 Å². The molecule has 0 bridgehead atoms. The van der Waals surface area contributed by atoms with Gasteiger partial charge in [0.1, 0.15) is 0 Å². The smallest absolute Gasteiger partial charge is 0.241 e. The normalized spacial score (nSPS) is 12.4. The maximum absolute atomic E-state index is 13.4. The molecule has 0 aliphatic carbocycles. The number of hydrogen-bond donors (Lipinski definition) is 2. The van der Waals surface area contributed by atoms with Crippen LogP contribution in [-0.4, -0.2) is 19.1 Å². The van der Waals surface area contributed by atoms with Gasteiger partial charge in [-0.25, -0.2) is 4.39 Å². The van der Waals surface area contributed by atoms with E-state index < -0.39 is 11.9 Å².